The van der Waals surface area contributed by atoms with Gasteiger partial charge in [-0.3, -0.25) is 4.79 Å². The second-order valence-electron chi connectivity index (χ2n) is 5.40. The van der Waals surface area contributed by atoms with Crippen LogP contribution >= 0.6 is 0 Å². The van der Waals surface area contributed by atoms with Crippen molar-refractivity contribution in [1.82, 2.24) is 9.55 Å². The van der Waals surface area contributed by atoms with Crippen LogP contribution in [0.2, 0.25) is 0 Å². The fourth-order valence-corrected chi connectivity index (χ4v) is 2.31. The average Bonchev–Trinajstić information content (AvgIpc) is 2.86. The molecule has 1 N–H and O–H groups in total. The Labute approximate surface area is 135 Å². The first-order chi connectivity index (χ1) is 11.0. The SMILES string of the molecule is CC(=NO)OC(=O)CC/C(C)=C/Cn1c(C)nc2ccccc21. The smallest absolute Gasteiger partial charge is 0.312 e. The van der Waals surface area contributed by atoms with Crippen LogP contribution in [0.15, 0.2) is 41.1 Å². The van der Waals surface area contributed by atoms with Crippen LogP contribution in [-0.4, -0.2) is 26.6 Å². The minimum atomic E-state index is -0.405. The van der Waals surface area contributed by atoms with E-state index in [1.54, 1.807) is 0 Å². The molecule has 0 aliphatic rings. The molecule has 0 saturated heterocycles. The number of para-hydroxylation sites is 2. The van der Waals surface area contributed by atoms with Crippen molar-refractivity contribution in [3.05, 3.63) is 41.7 Å². The zero-order valence-electron chi connectivity index (χ0n) is 13.6. The van der Waals surface area contributed by atoms with Gasteiger partial charge in [0, 0.05) is 19.9 Å². The lowest BCUT2D eigenvalue weighted by Crippen LogP contribution is -2.09. The van der Waals surface area contributed by atoms with Crippen molar-refractivity contribution in [2.24, 2.45) is 5.16 Å². The molecule has 0 atom stereocenters. The lowest BCUT2D eigenvalue weighted by Gasteiger charge is -2.06. The number of aryl methyl sites for hydroxylation is 1. The summed E-state index contributed by atoms with van der Waals surface area (Å²) < 4.78 is 6.93. The van der Waals surface area contributed by atoms with E-state index in [4.69, 9.17) is 9.94 Å². The number of rotatable bonds is 5. The van der Waals surface area contributed by atoms with E-state index in [9.17, 15) is 4.79 Å². The molecular formula is C17H21N3O3. The Morgan fingerprint density at radius 2 is 2.09 bits per heavy atom. The third-order valence-electron chi connectivity index (χ3n) is 3.59. The largest absolute Gasteiger partial charge is 0.409 e. The number of carbonyl (C=O) groups excluding carboxylic acids is 1. The number of allylic oxidation sites excluding steroid dienone is 2. The number of ether oxygens (including phenoxy) is 1. The van der Waals surface area contributed by atoms with Crippen LogP contribution in [0.5, 0.6) is 0 Å². The molecule has 0 amide bonds. The van der Waals surface area contributed by atoms with Crippen molar-refractivity contribution in [2.45, 2.75) is 40.2 Å². The Morgan fingerprint density at radius 3 is 2.83 bits per heavy atom. The highest BCUT2D eigenvalue weighted by Gasteiger charge is 2.07. The summed E-state index contributed by atoms with van der Waals surface area (Å²) in [7, 11) is 0. The van der Waals surface area contributed by atoms with Gasteiger partial charge in [0.1, 0.15) is 5.82 Å². The highest BCUT2D eigenvalue weighted by Crippen LogP contribution is 2.16. The van der Waals surface area contributed by atoms with Crippen molar-refractivity contribution in [3.8, 4) is 0 Å². The maximum Gasteiger partial charge on any atom is 0.312 e. The Hall–Kier alpha value is -2.63. The second-order valence-corrected chi connectivity index (χ2v) is 5.40. The zero-order chi connectivity index (χ0) is 16.8. The van der Waals surface area contributed by atoms with Crippen LogP contribution in [0.4, 0.5) is 0 Å². The van der Waals surface area contributed by atoms with E-state index in [0.717, 1.165) is 22.4 Å². The van der Waals surface area contributed by atoms with Gasteiger partial charge in [-0.1, -0.05) is 28.9 Å². The second kappa shape index (κ2) is 7.58. The van der Waals surface area contributed by atoms with Crippen molar-refractivity contribution in [1.29, 1.82) is 0 Å². The highest BCUT2D eigenvalue weighted by molar-refractivity contribution is 5.87. The number of fused-ring (bicyclic) bond motifs is 1. The summed E-state index contributed by atoms with van der Waals surface area (Å²) in [5, 5.41) is 11.3. The summed E-state index contributed by atoms with van der Waals surface area (Å²) in [6, 6.07) is 8.02. The quantitative estimate of drug-likeness (QED) is 0.229. The summed E-state index contributed by atoms with van der Waals surface area (Å²) in [4.78, 5) is 16.1. The molecule has 0 bridgehead atoms. The van der Waals surface area contributed by atoms with Crippen LogP contribution in [-0.2, 0) is 16.1 Å². The molecule has 1 aromatic carbocycles. The Kier molecular flexibility index (Phi) is 5.51. The zero-order valence-corrected chi connectivity index (χ0v) is 13.6. The van der Waals surface area contributed by atoms with Gasteiger partial charge in [-0.15, -0.1) is 0 Å². The van der Waals surface area contributed by atoms with Gasteiger partial charge in [0.25, 0.3) is 0 Å². The first kappa shape index (κ1) is 16.7. The van der Waals surface area contributed by atoms with Gasteiger partial charge in [-0.2, -0.15) is 0 Å². The van der Waals surface area contributed by atoms with Crippen molar-refractivity contribution in [2.75, 3.05) is 0 Å². The molecule has 1 heterocycles. The fraction of sp³-hybridized carbons (Fsp3) is 0.353. The van der Waals surface area contributed by atoms with Crippen LogP contribution in [0, 0.1) is 6.92 Å². The summed E-state index contributed by atoms with van der Waals surface area (Å²) >= 11 is 0. The fourth-order valence-electron chi connectivity index (χ4n) is 2.31. The number of hydrogen-bond donors (Lipinski definition) is 1. The highest BCUT2D eigenvalue weighted by atomic mass is 16.6. The molecule has 0 fully saturated rings. The van der Waals surface area contributed by atoms with Crippen LogP contribution in [0.25, 0.3) is 11.0 Å². The van der Waals surface area contributed by atoms with E-state index in [1.807, 2.05) is 38.1 Å². The summed E-state index contributed by atoms with van der Waals surface area (Å²) in [5.41, 5.74) is 3.18. The number of oxime groups is 1. The van der Waals surface area contributed by atoms with Gasteiger partial charge in [0.05, 0.1) is 11.0 Å². The lowest BCUT2D eigenvalue weighted by molar-refractivity contribution is -0.135. The molecule has 0 aliphatic heterocycles. The number of carbonyl (C=O) groups is 1. The Bertz CT molecular complexity index is 760. The summed E-state index contributed by atoms with van der Waals surface area (Å²) in [5.74, 6) is 0.513. The normalized spacial score (nSPS) is 12.7. The number of nitrogens with zero attached hydrogens (tertiary/aromatic N) is 3. The molecule has 0 aliphatic carbocycles. The van der Waals surface area contributed by atoms with Crippen molar-refractivity contribution >= 4 is 22.9 Å². The molecule has 2 rings (SSSR count). The predicted octanol–water partition coefficient (Wildman–Crippen LogP) is 3.42. The van der Waals surface area contributed by atoms with Gasteiger partial charge >= 0.3 is 5.97 Å². The Balaban J connectivity index is 1.96. The number of imidazole rings is 1. The Morgan fingerprint density at radius 1 is 1.35 bits per heavy atom. The molecule has 6 heteroatoms. The first-order valence-corrected chi connectivity index (χ1v) is 7.48. The monoisotopic (exact) mass is 315 g/mol. The molecule has 23 heavy (non-hydrogen) atoms. The molecule has 122 valence electrons. The van der Waals surface area contributed by atoms with E-state index in [-0.39, 0.29) is 12.3 Å². The van der Waals surface area contributed by atoms with Gasteiger partial charge in [0.2, 0.25) is 5.90 Å². The van der Waals surface area contributed by atoms with Crippen molar-refractivity contribution in [3.63, 3.8) is 0 Å². The molecular weight excluding hydrogens is 294 g/mol. The van der Waals surface area contributed by atoms with Crippen LogP contribution in [0.3, 0.4) is 0 Å². The molecule has 2 aromatic rings. The molecule has 1 aromatic heterocycles. The average molecular weight is 315 g/mol. The van der Waals surface area contributed by atoms with Gasteiger partial charge < -0.3 is 14.5 Å². The topological polar surface area (TPSA) is 76.7 Å². The van der Waals surface area contributed by atoms with E-state index in [2.05, 4.69) is 20.8 Å². The van der Waals surface area contributed by atoms with Crippen LogP contribution in [0.1, 0.15) is 32.5 Å². The minimum Gasteiger partial charge on any atom is -0.409 e. The minimum absolute atomic E-state index is 0.0443. The molecule has 0 unspecified atom stereocenters. The number of esters is 1. The van der Waals surface area contributed by atoms with Crippen molar-refractivity contribution < 1.29 is 14.7 Å². The van der Waals surface area contributed by atoms with E-state index in [1.165, 1.54) is 6.92 Å². The number of hydrogen-bond acceptors (Lipinski definition) is 5. The van der Waals surface area contributed by atoms with Gasteiger partial charge in [0.15, 0.2) is 0 Å². The molecule has 0 spiro atoms. The standard InChI is InChI=1S/C17H21N3O3/c1-12(8-9-17(21)23-14(3)19-22)10-11-20-13(2)18-15-6-4-5-7-16(15)20/h4-7,10,22H,8-9,11H2,1-3H3/b12-10+,19-14?. The summed E-state index contributed by atoms with van der Waals surface area (Å²) in [6.45, 7) is 6.10. The first-order valence-electron chi connectivity index (χ1n) is 7.48. The van der Waals surface area contributed by atoms with E-state index in [0.29, 0.717) is 13.0 Å². The molecule has 0 radical (unpaired) electrons. The van der Waals surface area contributed by atoms with E-state index >= 15 is 0 Å². The van der Waals surface area contributed by atoms with Gasteiger partial charge in [-0.05, 0) is 32.4 Å². The van der Waals surface area contributed by atoms with Crippen LogP contribution < -0.4 is 0 Å². The number of benzene rings is 1. The summed E-state index contributed by atoms with van der Waals surface area (Å²) in [6.07, 6.45) is 2.93. The van der Waals surface area contributed by atoms with E-state index < -0.39 is 5.97 Å². The third kappa shape index (κ3) is 4.42. The molecule has 0 saturated carbocycles. The maximum atomic E-state index is 11.5. The maximum absolute atomic E-state index is 11.5. The lowest BCUT2D eigenvalue weighted by atomic mass is 10.1. The predicted molar refractivity (Wildman–Crippen MR) is 88.4 cm³/mol. The third-order valence-corrected chi connectivity index (χ3v) is 3.59. The van der Waals surface area contributed by atoms with Gasteiger partial charge in [-0.25, -0.2) is 4.98 Å². The molecule has 6 nitrogen and oxygen atoms in total. The number of aromatic nitrogens is 2.